The molecular formula is C20H25N3O3S. The summed E-state index contributed by atoms with van der Waals surface area (Å²) < 4.78 is 23.4. The summed E-state index contributed by atoms with van der Waals surface area (Å²) >= 11 is 0. The molecule has 0 bridgehead atoms. The normalized spacial score (nSPS) is 18.2. The fourth-order valence-corrected chi connectivity index (χ4v) is 5.05. The number of rotatable bonds is 6. The van der Waals surface area contributed by atoms with Crippen molar-refractivity contribution < 1.29 is 13.2 Å². The van der Waals surface area contributed by atoms with Gasteiger partial charge in [0, 0.05) is 18.3 Å². The lowest BCUT2D eigenvalue weighted by molar-refractivity contribution is 0.0702. The van der Waals surface area contributed by atoms with Gasteiger partial charge in [0.1, 0.15) is 5.69 Å². The second-order valence-corrected chi connectivity index (χ2v) is 8.98. The van der Waals surface area contributed by atoms with Crippen LogP contribution in [0.1, 0.15) is 36.3 Å². The summed E-state index contributed by atoms with van der Waals surface area (Å²) in [6.07, 6.45) is 3.12. The summed E-state index contributed by atoms with van der Waals surface area (Å²) in [4.78, 5) is 18.7. The van der Waals surface area contributed by atoms with Crippen LogP contribution in [0.5, 0.6) is 0 Å². The van der Waals surface area contributed by atoms with Crippen molar-refractivity contribution in [1.82, 2.24) is 9.88 Å². The van der Waals surface area contributed by atoms with E-state index in [0.717, 1.165) is 17.8 Å². The molecule has 1 saturated heterocycles. The zero-order chi connectivity index (χ0) is 19.4. The Morgan fingerprint density at radius 1 is 1.15 bits per heavy atom. The second-order valence-electron chi connectivity index (χ2n) is 6.76. The first-order valence-corrected chi connectivity index (χ1v) is 11.1. The number of anilines is 2. The Balaban J connectivity index is 1.69. The third kappa shape index (κ3) is 4.66. The Bertz CT molecular complexity index is 893. The summed E-state index contributed by atoms with van der Waals surface area (Å²) in [7, 11) is -3.04. The molecule has 0 spiro atoms. The summed E-state index contributed by atoms with van der Waals surface area (Å²) in [6, 6.07) is 11.4. The number of carbonyl (C=O) groups is 1. The van der Waals surface area contributed by atoms with Crippen molar-refractivity contribution in [2.45, 2.75) is 32.7 Å². The third-order valence-corrected chi connectivity index (χ3v) is 6.63. The number of nitrogens with zero attached hydrogens (tertiary/aromatic N) is 2. The molecule has 0 aliphatic carbocycles. The maximum Gasteiger partial charge on any atom is 0.272 e. The number of nitrogens with one attached hydrogen (secondary N) is 1. The largest absolute Gasteiger partial charge is 0.354 e. The molecular weight excluding hydrogens is 362 g/mol. The Hall–Kier alpha value is -2.41. The van der Waals surface area contributed by atoms with Gasteiger partial charge in [-0.25, -0.2) is 13.4 Å². The molecule has 144 valence electrons. The highest BCUT2D eigenvalue weighted by Crippen LogP contribution is 2.21. The lowest BCUT2D eigenvalue weighted by atomic mass is 10.1. The predicted molar refractivity (Wildman–Crippen MR) is 107 cm³/mol. The maximum atomic E-state index is 12.8. The molecule has 6 nitrogen and oxygen atoms in total. The van der Waals surface area contributed by atoms with Gasteiger partial charge in [-0.3, -0.25) is 4.79 Å². The monoisotopic (exact) mass is 387 g/mol. The van der Waals surface area contributed by atoms with Gasteiger partial charge in [0.15, 0.2) is 9.84 Å². The second kappa shape index (κ2) is 8.08. The fourth-order valence-electron chi connectivity index (χ4n) is 3.32. The van der Waals surface area contributed by atoms with Gasteiger partial charge in [0.25, 0.3) is 5.91 Å². The van der Waals surface area contributed by atoms with Crippen LogP contribution in [0.2, 0.25) is 0 Å². The van der Waals surface area contributed by atoms with E-state index in [9.17, 15) is 13.2 Å². The van der Waals surface area contributed by atoms with E-state index in [1.807, 2.05) is 25.1 Å². The summed E-state index contributed by atoms with van der Waals surface area (Å²) in [5, 5.41) is 3.26. The quantitative estimate of drug-likeness (QED) is 0.824. The number of hydrogen-bond acceptors (Lipinski definition) is 5. The van der Waals surface area contributed by atoms with Crippen molar-refractivity contribution in [3.63, 3.8) is 0 Å². The zero-order valence-corrected chi connectivity index (χ0v) is 16.5. The summed E-state index contributed by atoms with van der Waals surface area (Å²) in [6.45, 7) is 4.44. The van der Waals surface area contributed by atoms with Crippen molar-refractivity contribution in [2.24, 2.45) is 0 Å². The van der Waals surface area contributed by atoms with E-state index in [0.29, 0.717) is 18.7 Å². The van der Waals surface area contributed by atoms with E-state index in [1.165, 1.54) is 5.56 Å². The molecule has 1 aliphatic heterocycles. The predicted octanol–water partition coefficient (Wildman–Crippen LogP) is 3.04. The number of aryl methyl sites for hydroxylation is 1. The van der Waals surface area contributed by atoms with Gasteiger partial charge in [0.05, 0.1) is 23.4 Å². The Labute approximate surface area is 160 Å². The minimum absolute atomic E-state index is 0.0416. The third-order valence-electron chi connectivity index (χ3n) is 4.88. The van der Waals surface area contributed by atoms with Gasteiger partial charge in [-0.05, 0) is 49.6 Å². The number of pyridine rings is 1. The molecule has 1 atom stereocenters. The summed E-state index contributed by atoms with van der Waals surface area (Å²) in [5.74, 6) is -0.0346. The summed E-state index contributed by atoms with van der Waals surface area (Å²) in [5.41, 5.74) is 3.35. The maximum absolute atomic E-state index is 12.8. The van der Waals surface area contributed by atoms with Gasteiger partial charge >= 0.3 is 0 Å². The number of aromatic nitrogens is 1. The van der Waals surface area contributed by atoms with Crippen molar-refractivity contribution >= 4 is 27.1 Å². The number of amides is 1. The van der Waals surface area contributed by atoms with E-state index < -0.39 is 9.84 Å². The molecule has 1 amide bonds. The van der Waals surface area contributed by atoms with Crippen LogP contribution in [-0.4, -0.2) is 48.3 Å². The Morgan fingerprint density at radius 3 is 2.37 bits per heavy atom. The fraction of sp³-hybridized carbons (Fsp3) is 0.400. The molecule has 1 aliphatic rings. The number of hydrogen-bond donors (Lipinski definition) is 1. The average Bonchev–Trinajstić information content (AvgIpc) is 3.03. The SMILES string of the molecule is CCc1ccc(Nc2ccc(C(=O)N(CC)C3CCS(=O)(=O)C3)nc2)cc1. The van der Waals surface area contributed by atoms with Gasteiger partial charge in [-0.15, -0.1) is 0 Å². The molecule has 0 radical (unpaired) electrons. The molecule has 7 heteroatoms. The minimum atomic E-state index is -3.04. The number of carbonyl (C=O) groups excluding carboxylic acids is 1. The van der Waals surface area contributed by atoms with E-state index in [2.05, 4.69) is 29.4 Å². The van der Waals surface area contributed by atoms with Crippen LogP contribution in [0.15, 0.2) is 42.6 Å². The highest BCUT2D eigenvalue weighted by atomic mass is 32.2. The standard InChI is InChI=1S/C20H25N3O3S/c1-3-15-5-7-16(8-6-15)22-17-9-10-19(21-13-17)20(24)23(4-2)18-11-12-27(25,26)14-18/h5-10,13,18,22H,3-4,11-12,14H2,1-2H3. The minimum Gasteiger partial charge on any atom is -0.354 e. The molecule has 1 fully saturated rings. The van der Waals surface area contributed by atoms with E-state index in [4.69, 9.17) is 0 Å². The highest BCUT2D eigenvalue weighted by molar-refractivity contribution is 7.91. The van der Waals surface area contributed by atoms with Crippen LogP contribution in [0, 0.1) is 0 Å². The Kier molecular flexibility index (Phi) is 5.79. The van der Waals surface area contributed by atoms with Crippen molar-refractivity contribution in [2.75, 3.05) is 23.4 Å². The topological polar surface area (TPSA) is 79.4 Å². The average molecular weight is 388 g/mol. The molecule has 2 heterocycles. The Morgan fingerprint density at radius 2 is 1.85 bits per heavy atom. The first-order valence-electron chi connectivity index (χ1n) is 9.25. The van der Waals surface area contributed by atoms with E-state index >= 15 is 0 Å². The van der Waals surface area contributed by atoms with Gasteiger partial charge in [0.2, 0.25) is 0 Å². The van der Waals surface area contributed by atoms with Gasteiger partial charge in [-0.1, -0.05) is 19.1 Å². The molecule has 1 aromatic heterocycles. The van der Waals surface area contributed by atoms with Crippen LogP contribution >= 0.6 is 0 Å². The van der Waals surface area contributed by atoms with Gasteiger partial charge in [-0.2, -0.15) is 0 Å². The van der Waals surface area contributed by atoms with Crippen molar-refractivity contribution in [1.29, 1.82) is 0 Å². The first-order chi connectivity index (χ1) is 12.9. The van der Waals surface area contributed by atoms with Crippen LogP contribution in [0.25, 0.3) is 0 Å². The smallest absolute Gasteiger partial charge is 0.272 e. The molecule has 1 unspecified atom stereocenters. The molecule has 1 aromatic carbocycles. The molecule has 0 saturated carbocycles. The lowest BCUT2D eigenvalue weighted by Gasteiger charge is -2.26. The molecule has 27 heavy (non-hydrogen) atoms. The van der Waals surface area contributed by atoms with E-state index in [-0.39, 0.29) is 23.5 Å². The van der Waals surface area contributed by atoms with Crippen LogP contribution < -0.4 is 5.32 Å². The molecule has 2 aromatic rings. The number of sulfone groups is 1. The highest BCUT2D eigenvalue weighted by Gasteiger charge is 2.34. The van der Waals surface area contributed by atoms with Crippen LogP contribution in [0.3, 0.4) is 0 Å². The van der Waals surface area contributed by atoms with Crippen molar-refractivity contribution in [3.8, 4) is 0 Å². The number of benzene rings is 1. The molecule has 1 N–H and O–H groups in total. The van der Waals surface area contributed by atoms with Gasteiger partial charge < -0.3 is 10.2 Å². The van der Waals surface area contributed by atoms with E-state index in [1.54, 1.807) is 17.2 Å². The lowest BCUT2D eigenvalue weighted by Crippen LogP contribution is -2.41. The zero-order valence-electron chi connectivity index (χ0n) is 15.7. The molecule has 3 rings (SSSR count). The first kappa shape index (κ1) is 19.4. The van der Waals surface area contributed by atoms with Crippen LogP contribution in [-0.2, 0) is 16.3 Å². The van der Waals surface area contributed by atoms with Crippen LogP contribution in [0.4, 0.5) is 11.4 Å². The van der Waals surface area contributed by atoms with Crippen molar-refractivity contribution in [3.05, 3.63) is 53.9 Å².